The second kappa shape index (κ2) is 3.39. The van der Waals surface area contributed by atoms with Gasteiger partial charge in [-0.3, -0.25) is 0 Å². The molecule has 3 heteroatoms. The van der Waals surface area contributed by atoms with Crippen molar-refractivity contribution in [2.24, 2.45) is 5.41 Å². The standard InChI is InChI=1S/C10H15NOS/c1-2-8-6-13-9(11-8)5-10(7-12)3-4-10/h6,12H,2-5,7H2,1H3. The van der Waals surface area contributed by atoms with Gasteiger partial charge >= 0.3 is 0 Å². The van der Waals surface area contributed by atoms with Crippen LogP contribution in [0.1, 0.15) is 30.5 Å². The molecule has 0 radical (unpaired) electrons. The summed E-state index contributed by atoms with van der Waals surface area (Å²) in [5, 5.41) is 12.5. The maximum Gasteiger partial charge on any atom is 0.0934 e. The number of rotatable bonds is 4. The summed E-state index contributed by atoms with van der Waals surface area (Å²) in [6, 6.07) is 0. The Balaban J connectivity index is 2.01. The average Bonchev–Trinajstić information content (AvgIpc) is 2.77. The Hall–Kier alpha value is -0.410. The number of aromatic nitrogens is 1. The number of aliphatic hydroxyl groups is 1. The van der Waals surface area contributed by atoms with Crippen molar-refractivity contribution in [2.45, 2.75) is 32.6 Å². The molecule has 0 aromatic carbocycles. The minimum atomic E-state index is 0.211. The van der Waals surface area contributed by atoms with E-state index in [0.29, 0.717) is 6.61 Å². The molecule has 0 saturated heterocycles. The Morgan fingerprint density at radius 2 is 2.38 bits per heavy atom. The zero-order valence-electron chi connectivity index (χ0n) is 7.92. The molecule has 0 bridgehead atoms. The van der Waals surface area contributed by atoms with Crippen LogP contribution in [0, 0.1) is 5.41 Å². The van der Waals surface area contributed by atoms with Gasteiger partial charge in [0.2, 0.25) is 0 Å². The molecule has 2 nitrogen and oxygen atoms in total. The lowest BCUT2D eigenvalue weighted by Crippen LogP contribution is -2.09. The van der Waals surface area contributed by atoms with Crippen LogP contribution in [0.2, 0.25) is 0 Å². The lowest BCUT2D eigenvalue weighted by molar-refractivity contribution is 0.211. The third-order valence-electron chi connectivity index (χ3n) is 2.78. The van der Waals surface area contributed by atoms with Crippen LogP contribution < -0.4 is 0 Å². The van der Waals surface area contributed by atoms with Crippen molar-refractivity contribution in [1.29, 1.82) is 0 Å². The van der Waals surface area contributed by atoms with Gasteiger partial charge in [-0.25, -0.2) is 4.98 Å². The van der Waals surface area contributed by atoms with E-state index in [9.17, 15) is 0 Å². The minimum absolute atomic E-state index is 0.211. The second-order valence-electron chi connectivity index (χ2n) is 3.92. The van der Waals surface area contributed by atoms with E-state index in [-0.39, 0.29) is 5.41 Å². The lowest BCUT2D eigenvalue weighted by atomic mass is 10.1. The molecule has 1 aromatic heterocycles. The van der Waals surface area contributed by atoms with Gasteiger partial charge in [0.05, 0.1) is 10.7 Å². The fourth-order valence-corrected chi connectivity index (χ4v) is 2.53. The number of thiazole rings is 1. The van der Waals surface area contributed by atoms with Crippen LogP contribution in [0.4, 0.5) is 0 Å². The van der Waals surface area contributed by atoms with E-state index in [4.69, 9.17) is 5.11 Å². The lowest BCUT2D eigenvalue weighted by Gasteiger charge is -2.07. The van der Waals surface area contributed by atoms with E-state index in [2.05, 4.69) is 17.3 Å². The van der Waals surface area contributed by atoms with Gasteiger partial charge in [-0.15, -0.1) is 11.3 Å². The van der Waals surface area contributed by atoms with Crippen molar-refractivity contribution in [2.75, 3.05) is 6.61 Å². The molecule has 0 atom stereocenters. The van der Waals surface area contributed by atoms with Gasteiger partial charge in [0.25, 0.3) is 0 Å². The summed E-state index contributed by atoms with van der Waals surface area (Å²) in [5.41, 5.74) is 1.40. The van der Waals surface area contributed by atoms with Crippen LogP contribution in [0.25, 0.3) is 0 Å². The maximum absolute atomic E-state index is 9.16. The molecule has 1 N–H and O–H groups in total. The summed E-state index contributed by atoms with van der Waals surface area (Å²) in [5.74, 6) is 0. The Bertz CT molecular complexity index is 291. The topological polar surface area (TPSA) is 33.1 Å². The van der Waals surface area contributed by atoms with E-state index in [1.54, 1.807) is 11.3 Å². The summed E-state index contributed by atoms with van der Waals surface area (Å²) in [7, 11) is 0. The van der Waals surface area contributed by atoms with E-state index in [0.717, 1.165) is 12.8 Å². The Morgan fingerprint density at radius 3 is 2.85 bits per heavy atom. The molecule has 0 spiro atoms. The highest BCUT2D eigenvalue weighted by molar-refractivity contribution is 7.09. The Morgan fingerprint density at radius 1 is 1.62 bits per heavy atom. The van der Waals surface area contributed by atoms with E-state index in [1.165, 1.54) is 23.5 Å². The van der Waals surface area contributed by atoms with E-state index in [1.807, 2.05) is 0 Å². The summed E-state index contributed by atoms with van der Waals surface area (Å²) in [4.78, 5) is 4.51. The number of aryl methyl sites for hydroxylation is 1. The van der Waals surface area contributed by atoms with Crippen molar-refractivity contribution in [1.82, 2.24) is 4.98 Å². The Kier molecular flexibility index (Phi) is 2.39. The first-order chi connectivity index (χ1) is 6.28. The Labute approximate surface area is 82.6 Å². The molecule has 0 unspecified atom stereocenters. The predicted octanol–water partition coefficient (Wildman–Crippen LogP) is 2.02. The molecular formula is C10H15NOS. The number of hydrogen-bond acceptors (Lipinski definition) is 3. The summed E-state index contributed by atoms with van der Waals surface area (Å²) in [6.07, 6.45) is 4.34. The van der Waals surface area contributed by atoms with Crippen LogP contribution in [0.5, 0.6) is 0 Å². The van der Waals surface area contributed by atoms with Gasteiger partial charge in [0.1, 0.15) is 0 Å². The molecule has 1 aliphatic carbocycles. The van der Waals surface area contributed by atoms with Crippen LogP contribution in [0.15, 0.2) is 5.38 Å². The normalized spacial score (nSPS) is 18.9. The first-order valence-corrected chi connectivity index (χ1v) is 5.70. The predicted molar refractivity (Wildman–Crippen MR) is 53.9 cm³/mol. The van der Waals surface area contributed by atoms with Gasteiger partial charge in [0.15, 0.2) is 0 Å². The first kappa shape index (κ1) is 9.16. The van der Waals surface area contributed by atoms with E-state index < -0.39 is 0 Å². The quantitative estimate of drug-likeness (QED) is 0.801. The van der Waals surface area contributed by atoms with Gasteiger partial charge in [0, 0.05) is 18.4 Å². The van der Waals surface area contributed by atoms with Crippen molar-refractivity contribution in [3.63, 3.8) is 0 Å². The number of nitrogens with zero attached hydrogens (tertiary/aromatic N) is 1. The second-order valence-corrected chi connectivity index (χ2v) is 4.86. The van der Waals surface area contributed by atoms with Crippen LogP contribution in [-0.2, 0) is 12.8 Å². The molecule has 0 amide bonds. The zero-order valence-corrected chi connectivity index (χ0v) is 8.73. The largest absolute Gasteiger partial charge is 0.396 e. The SMILES string of the molecule is CCc1csc(CC2(CO)CC2)n1. The highest BCUT2D eigenvalue weighted by Gasteiger charge is 2.42. The molecular weight excluding hydrogens is 182 g/mol. The molecule has 1 fully saturated rings. The van der Waals surface area contributed by atoms with Crippen LogP contribution in [-0.4, -0.2) is 16.7 Å². The zero-order chi connectivity index (χ0) is 9.31. The summed E-state index contributed by atoms with van der Waals surface area (Å²) < 4.78 is 0. The molecule has 0 aliphatic heterocycles. The molecule has 1 saturated carbocycles. The average molecular weight is 197 g/mol. The van der Waals surface area contributed by atoms with Gasteiger partial charge in [-0.1, -0.05) is 6.92 Å². The van der Waals surface area contributed by atoms with Crippen molar-refractivity contribution in [3.8, 4) is 0 Å². The van der Waals surface area contributed by atoms with Gasteiger partial charge < -0.3 is 5.11 Å². The smallest absolute Gasteiger partial charge is 0.0934 e. The van der Waals surface area contributed by atoms with Crippen LogP contribution >= 0.6 is 11.3 Å². The van der Waals surface area contributed by atoms with Gasteiger partial charge in [-0.05, 0) is 24.7 Å². The highest BCUT2D eigenvalue weighted by atomic mass is 32.1. The molecule has 1 heterocycles. The number of aliphatic hydroxyl groups excluding tert-OH is 1. The molecule has 13 heavy (non-hydrogen) atoms. The monoisotopic (exact) mass is 197 g/mol. The fourth-order valence-electron chi connectivity index (χ4n) is 1.48. The molecule has 72 valence electrons. The minimum Gasteiger partial charge on any atom is -0.396 e. The van der Waals surface area contributed by atoms with Crippen molar-refractivity contribution < 1.29 is 5.11 Å². The molecule has 1 aromatic rings. The fraction of sp³-hybridized carbons (Fsp3) is 0.700. The first-order valence-electron chi connectivity index (χ1n) is 4.82. The van der Waals surface area contributed by atoms with E-state index >= 15 is 0 Å². The molecule has 2 rings (SSSR count). The third-order valence-corrected chi connectivity index (χ3v) is 3.68. The van der Waals surface area contributed by atoms with Crippen molar-refractivity contribution >= 4 is 11.3 Å². The maximum atomic E-state index is 9.16. The summed E-state index contributed by atoms with van der Waals surface area (Å²) >= 11 is 1.73. The third kappa shape index (κ3) is 1.92. The van der Waals surface area contributed by atoms with Gasteiger partial charge in [-0.2, -0.15) is 0 Å². The highest BCUT2D eigenvalue weighted by Crippen LogP contribution is 2.48. The molecule has 1 aliphatic rings. The summed E-state index contributed by atoms with van der Waals surface area (Å²) in [6.45, 7) is 2.45. The van der Waals surface area contributed by atoms with Crippen LogP contribution in [0.3, 0.4) is 0 Å². The number of hydrogen-bond donors (Lipinski definition) is 1. The van der Waals surface area contributed by atoms with Crippen molar-refractivity contribution in [3.05, 3.63) is 16.1 Å².